The van der Waals surface area contributed by atoms with Crippen LogP contribution in [0.25, 0.3) is 0 Å². The van der Waals surface area contributed by atoms with Crippen molar-refractivity contribution in [2.45, 2.75) is 39.2 Å². The summed E-state index contributed by atoms with van der Waals surface area (Å²) in [5.74, 6) is 0.775. The standard InChI is InChI=1S/C13H21BrClN3/c1-3-10-12(14)11(18(2)17-10)8-16-9-13(4-5-13)6-7-15/h16H,3-9H2,1-2H3. The van der Waals surface area contributed by atoms with E-state index in [9.17, 15) is 0 Å². The average Bonchev–Trinajstić information content (AvgIpc) is 3.05. The zero-order valence-electron chi connectivity index (χ0n) is 11.1. The van der Waals surface area contributed by atoms with Crippen molar-refractivity contribution >= 4 is 27.5 Å². The zero-order valence-corrected chi connectivity index (χ0v) is 13.4. The van der Waals surface area contributed by atoms with Crippen molar-refractivity contribution in [1.82, 2.24) is 15.1 Å². The van der Waals surface area contributed by atoms with Gasteiger partial charge in [0.1, 0.15) is 0 Å². The van der Waals surface area contributed by atoms with Crippen molar-refractivity contribution in [2.24, 2.45) is 12.5 Å². The van der Waals surface area contributed by atoms with E-state index in [1.807, 2.05) is 11.7 Å². The molecule has 3 nitrogen and oxygen atoms in total. The minimum Gasteiger partial charge on any atom is -0.311 e. The molecule has 0 aliphatic heterocycles. The molecule has 2 rings (SSSR count). The van der Waals surface area contributed by atoms with Gasteiger partial charge in [0.05, 0.1) is 15.9 Å². The molecule has 1 fully saturated rings. The number of nitrogens with zero attached hydrogens (tertiary/aromatic N) is 2. The topological polar surface area (TPSA) is 29.9 Å². The lowest BCUT2D eigenvalue weighted by atomic mass is 10.0. The number of rotatable bonds is 7. The average molecular weight is 335 g/mol. The number of hydrogen-bond donors (Lipinski definition) is 1. The van der Waals surface area contributed by atoms with Crippen LogP contribution in [0, 0.1) is 5.41 Å². The summed E-state index contributed by atoms with van der Waals surface area (Å²) in [7, 11) is 2.01. The van der Waals surface area contributed by atoms with Gasteiger partial charge in [-0.25, -0.2) is 0 Å². The maximum absolute atomic E-state index is 5.85. The van der Waals surface area contributed by atoms with Gasteiger partial charge >= 0.3 is 0 Å². The Hall–Kier alpha value is -0.0600. The molecule has 1 N–H and O–H groups in total. The molecule has 0 unspecified atom stereocenters. The second-order valence-corrected chi connectivity index (χ2v) is 6.40. The van der Waals surface area contributed by atoms with Gasteiger partial charge in [-0.3, -0.25) is 4.68 Å². The molecule has 1 heterocycles. The number of alkyl halides is 1. The van der Waals surface area contributed by atoms with Crippen molar-refractivity contribution < 1.29 is 0 Å². The molecule has 1 saturated carbocycles. The molecule has 0 radical (unpaired) electrons. The van der Waals surface area contributed by atoms with Gasteiger partial charge in [-0.05, 0) is 47.0 Å². The second-order valence-electron chi connectivity index (χ2n) is 5.23. The van der Waals surface area contributed by atoms with Gasteiger partial charge in [-0.15, -0.1) is 11.6 Å². The van der Waals surface area contributed by atoms with E-state index in [1.165, 1.54) is 18.5 Å². The molecule has 18 heavy (non-hydrogen) atoms. The molecule has 5 heteroatoms. The molecule has 1 aliphatic rings. The number of nitrogens with one attached hydrogen (secondary N) is 1. The first-order chi connectivity index (χ1) is 8.62. The van der Waals surface area contributed by atoms with Crippen LogP contribution in [-0.2, 0) is 20.0 Å². The molecule has 0 atom stereocenters. The van der Waals surface area contributed by atoms with Crippen LogP contribution in [0.5, 0.6) is 0 Å². The Balaban J connectivity index is 1.89. The van der Waals surface area contributed by atoms with Crippen LogP contribution < -0.4 is 5.32 Å². The zero-order chi connectivity index (χ0) is 13.2. The predicted molar refractivity (Wildman–Crippen MR) is 79.0 cm³/mol. The Bertz CT molecular complexity index is 413. The molecule has 102 valence electrons. The second kappa shape index (κ2) is 5.93. The van der Waals surface area contributed by atoms with E-state index in [0.29, 0.717) is 5.41 Å². The van der Waals surface area contributed by atoms with E-state index < -0.39 is 0 Å². The Kier molecular flexibility index (Phi) is 4.73. The molecule has 1 aromatic rings. The summed E-state index contributed by atoms with van der Waals surface area (Å²) < 4.78 is 3.12. The number of aromatic nitrogens is 2. The summed E-state index contributed by atoms with van der Waals surface area (Å²) in [4.78, 5) is 0. The number of hydrogen-bond acceptors (Lipinski definition) is 2. The van der Waals surface area contributed by atoms with Gasteiger partial charge in [0.25, 0.3) is 0 Å². The summed E-state index contributed by atoms with van der Waals surface area (Å²) in [6.45, 7) is 4.07. The van der Waals surface area contributed by atoms with Crippen molar-refractivity contribution in [3.05, 3.63) is 15.9 Å². The van der Waals surface area contributed by atoms with Crippen LogP contribution in [-0.4, -0.2) is 22.2 Å². The molecular formula is C13H21BrClN3. The highest BCUT2D eigenvalue weighted by Crippen LogP contribution is 2.48. The first-order valence-corrected chi connectivity index (χ1v) is 7.91. The summed E-state index contributed by atoms with van der Waals surface area (Å²) >= 11 is 9.49. The lowest BCUT2D eigenvalue weighted by Gasteiger charge is -2.14. The van der Waals surface area contributed by atoms with Crippen LogP contribution >= 0.6 is 27.5 Å². The highest BCUT2D eigenvalue weighted by molar-refractivity contribution is 9.10. The third-order valence-electron chi connectivity index (χ3n) is 3.88. The van der Waals surface area contributed by atoms with Crippen LogP contribution in [0.2, 0.25) is 0 Å². The first kappa shape index (κ1) is 14.4. The van der Waals surface area contributed by atoms with Crippen molar-refractivity contribution in [2.75, 3.05) is 12.4 Å². The van der Waals surface area contributed by atoms with E-state index >= 15 is 0 Å². The normalized spacial score (nSPS) is 17.1. The maximum atomic E-state index is 5.85. The molecular weight excluding hydrogens is 314 g/mol. The summed E-state index contributed by atoms with van der Waals surface area (Å²) in [6, 6.07) is 0. The molecule has 0 spiro atoms. The van der Waals surface area contributed by atoms with Gasteiger partial charge in [0, 0.05) is 26.0 Å². The Labute approximate surface area is 122 Å². The quantitative estimate of drug-likeness (QED) is 0.776. The van der Waals surface area contributed by atoms with E-state index in [2.05, 4.69) is 33.3 Å². The largest absolute Gasteiger partial charge is 0.311 e. The van der Waals surface area contributed by atoms with Crippen molar-refractivity contribution in [1.29, 1.82) is 0 Å². The van der Waals surface area contributed by atoms with E-state index in [0.717, 1.165) is 42.0 Å². The van der Waals surface area contributed by atoms with Crippen LogP contribution in [0.3, 0.4) is 0 Å². The van der Waals surface area contributed by atoms with E-state index in [-0.39, 0.29) is 0 Å². The summed E-state index contributed by atoms with van der Waals surface area (Å²) in [6.07, 6.45) is 4.73. The van der Waals surface area contributed by atoms with Gasteiger partial charge in [-0.2, -0.15) is 5.10 Å². The molecule has 0 aromatic carbocycles. The molecule has 1 aliphatic carbocycles. The van der Waals surface area contributed by atoms with Crippen LogP contribution in [0.4, 0.5) is 0 Å². The minimum atomic E-state index is 0.487. The van der Waals surface area contributed by atoms with Crippen LogP contribution in [0.15, 0.2) is 4.47 Å². The van der Waals surface area contributed by atoms with Gasteiger partial charge in [0.15, 0.2) is 0 Å². The fourth-order valence-corrected chi connectivity index (χ4v) is 3.51. The predicted octanol–water partition coefficient (Wildman–Crippen LogP) is 3.24. The minimum absolute atomic E-state index is 0.487. The molecule has 0 amide bonds. The van der Waals surface area contributed by atoms with E-state index in [4.69, 9.17) is 11.6 Å². The highest BCUT2D eigenvalue weighted by atomic mass is 79.9. The fraction of sp³-hybridized carbons (Fsp3) is 0.769. The van der Waals surface area contributed by atoms with Gasteiger partial charge < -0.3 is 5.32 Å². The van der Waals surface area contributed by atoms with Crippen molar-refractivity contribution in [3.8, 4) is 0 Å². The highest BCUT2D eigenvalue weighted by Gasteiger charge is 2.41. The Morgan fingerprint density at radius 2 is 2.22 bits per heavy atom. The maximum Gasteiger partial charge on any atom is 0.0767 e. The lowest BCUT2D eigenvalue weighted by Crippen LogP contribution is -2.25. The smallest absolute Gasteiger partial charge is 0.0767 e. The van der Waals surface area contributed by atoms with Gasteiger partial charge in [-0.1, -0.05) is 6.92 Å². The molecule has 1 aromatic heterocycles. The van der Waals surface area contributed by atoms with Gasteiger partial charge in [0.2, 0.25) is 0 Å². The van der Waals surface area contributed by atoms with Crippen LogP contribution in [0.1, 0.15) is 37.6 Å². The van der Waals surface area contributed by atoms with E-state index in [1.54, 1.807) is 0 Å². The Morgan fingerprint density at radius 1 is 1.50 bits per heavy atom. The lowest BCUT2D eigenvalue weighted by molar-refractivity contribution is 0.440. The Morgan fingerprint density at radius 3 is 2.72 bits per heavy atom. The monoisotopic (exact) mass is 333 g/mol. The van der Waals surface area contributed by atoms with Crippen molar-refractivity contribution in [3.63, 3.8) is 0 Å². The summed E-state index contributed by atoms with van der Waals surface area (Å²) in [5, 5.41) is 8.06. The molecule has 0 bridgehead atoms. The SMILES string of the molecule is CCc1nn(C)c(CNCC2(CCCl)CC2)c1Br. The number of aryl methyl sites for hydroxylation is 2. The number of halogens is 2. The third kappa shape index (κ3) is 3.09. The third-order valence-corrected chi connectivity index (χ3v) is 4.98. The first-order valence-electron chi connectivity index (χ1n) is 6.59. The summed E-state index contributed by atoms with van der Waals surface area (Å²) in [5.41, 5.74) is 2.85. The molecule has 0 saturated heterocycles. The fourth-order valence-electron chi connectivity index (χ4n) is 2.35.